The van der Waals surface area contributed by atoms with Crippen molar-refractivity contribution < 1.29 is 18.5 Å². The SMILES string of the molecule is CC1=C(C)OP(=O)([O-])O1. The standard InChI is InChI=1S/C4H7O4P/c1-3-4(2)8-9(5,6)7-3/h1-2H3,(H,5,6)/p-1. The van der Waals surface area contributed by atoms with Crippen molar-refractivity contribution in [1.29, 1.82) is 0 Å². The van der Waals surface area contributed by atoms with Crippen LogP contribution in [-0.2, 0) is 13.6 Å². The molecule has 0 aromatic heterocycles. The van der Waals surface area contributed by atoms with Gasteiger partial charge in [0.1, 0.15) is 11.5 Å². The number of hydrogen-bond acceptors (Lipinski definition) is 4. The second-order valence-corrected chi connectivity index (χ2v) is 3.00. The average molecular weight is 149 g/mol. The highest BCUT2D eigenvalue weighted by atomic mass is 31.2. The molecule has 0 fully saturated rings. The van der Waals surface area contributed by atoms with Gasteiger partial charge in [0.25, 0.3) is 0 Å². The smallest absolute Gasteiger partial charge is 0.372 e. The van der Waals surface area contributed by atoms with E-state index in [0.717, 1.165) is 0 Å². The summed E-state index contributed by atoms with van der Waals surface area (Å²) >= 11 is 0. The molecule has 0 saturated carbocycles. The third-order valence-electron chi connectivity index (χ3n) is 0.993. The molecular formula is C4H6O4P-. The van der Waals surface area contributed by atoms with E-state index >= 15 is 0 Å². The van der Waals surface area contributed by atoms with Crippen molar-refractivity contribution in [3.63, 3.8) is 0 Å². The van der Waals surface area contributed by atoms with E-state index in [-0.39, 0.29) is 0 Å². The Morgan fingerprint density at radius 3 is 1.78 bits per heavy atom. The zero-order valence-corrected chi connectivity index (χ0v) is 5.97. The van der Waals surface area contributed by atoms with Gasteiger partial charge >= 0.3 is 7.82 Å². The molecule has 5 heteroatoms. The molecule has 0 unspecified atom stereocenters. The van der Waals surface area contributed by atoms with Gasteiger partial charge in [0.15, 0.2) is 0 Å². The fourth-order valence-corrected chi connectivity index (χ4v) is 1.45. The summed E-state index contributed by atoms with van der Waals surface area (Å²) in [5, 5.41) is 0. The Labute approximate surface area is 52.7 Å². The molecule has 0 spiro atoms. The molecule has 0 saturated heterocycles. The van der Waals surface area contributed by atoms with E-state index in [0.29, 0.717) is 11.5 Å². The molecular weight excluding hydrogens is 143 g/mol. The Kier molecular flexibility index (Phi) is 1.30. The van der Waals surface area contributed by atoms with Crippen molar-refractivity contribution in [3.8, 4) is 0 Å². The molecule has 0 aromatic rings. The van der Waals surface area contributed by atoms with Crippen LogP contribution < -0.4 is 4.89 Å². The first kappa shape index (κ1) is 6.65. The van der Waals surface area contributed by atoms with E-state index in [9.17, 15) is 9.46 Å². The molecule has 1 rings (SSSR count). The molecule has 0 atom stereocenters. The van der Waals surface area contributed by atoms with Gasteiger partial charge in [0, 0.05) is 0 Å². The van der Waals surface area contributed by atoms with E-state index in [1.165, 1.54) is 13.8 Å². The third-order valence-corrected chi connectivity index (χ3v) is 1.99. The summed E-state index contributed by atoms with van der Waals surface area (Å²) in [4.78, 5) is 10.4. The van der Waals surface area contributed by atoms with Crippen LogP contribution in [-0.4, -0.2) is 0 Å². The lowest BCUT2D eigenvalue weighted by Gasteiger charge is -2.13. The van der Waals surface area contributed by atoms with Crippen LogP contribution in [0.2, 0.25) is 0 Å². The maximum atomic E-state index is 10.4. The summed E-state index contributed by atoms with van der Waals surface area (Å²) in [6.07, 6.45) is 0. The van der Waals surface area contributed by atoms with Gasteiger partial charge < -0.3 is 13.9 Å². The maximum absolute atomic E-state index is 10.4. The topological polar surface area (TPSA) is 58.6 Å². The lowest BCUT2D eigenvalue weighted by Crippen LogP contribution is -1.99. The minimum atomic E-state index is -3.98. The fraction of sp³-hybridized carbons (Fsp3) is 0.500. The Morgan fingerprint density at radius 1 is 1.33 bits per heavy atom. The van der Waals surface area contributed by atoms with Crippen LogP contribution in [0, 0.1) is 0 Å². The van der Waals surface area contributed by atoms with Crippen molar-refractivity contribution in [3.05, 3.63) is 11.5 Å². The zero-order chi connectivity index (χ0) is 7.07. The summed E-state index contributed by atoms with van der Waals surface area (Å²) in [6.45, 7) is 3.07. The van der Waals surface area contributed by atoms with E-state index in [2.05, 4.69) is 9.05 Å². The lowest BCUT2D eigenvalue weighted by atomic mass is 10.5. The van der Waals surface area contributed by atoms with Gasteiger partial charge in [-0.2, -0.15) is 0 Å². The summed E-state index contributed by atoms with van der Waals surface area (Å²) in [7, 11) is -3.98. The molecule has 52 valence electrons. The van der Waals surface area contributed by atoms with E-state index in [4.69, 9.17) is 0 Å². The van der Waals surface area contributed by atoms with Crippen molar-refractivity contribution >= 4 is 7.82 Å². The van der Waals surface area contributed by atoms with Crippen molar-refractivity contribution in [1.82, 2.24) is 0 Å². The minimum absolute atomic E-state index is 0.313. The van der Waals surface area contributed by atoms with Gasteiger partial charge in [-0.05, 0) is 13.8 Å². The molecule has 4 nitrogen and oxygen atoms in total. The largest absolute Gasteiger partial charge is 0.736 e. The van der Waals surface area contributed by atoms with Gasteiger partial charge in [0.05, 0.1) is 0 Å². The van der Waals surface area contributed by atoms with Crippen LogP contribution in [0.1, 0.15) is 13.8 Å². The van der Waals surface area contributed by atoms with Gasteiger partial charge in [-0.25, -0.2) is 4.57 Å². The Bertz CT molecular complexity index is 189. The average Bonchev–Trinajstić information content (AvgIpc) is 1.79. The highest BCUT2D eigenvalue weighted by Gasteiger charge is 2.22. The molecule has 0 radical (unpaired) electrons. The van der Waals surface area contributed by atoms with Crippen molar-refractivity contribution in [2.75, 3.05) is 0 Å². The Morgan fingerprint density at radius 2 is 1.67 bits per heavy atom. The normalized spacial score (nSPS) is 23.4. The zero-order valence-electron chi connectivity index (χ0n) is 5.08. The van der Waals surface area contributed by atoms with Crippen LogP contribution >= 0.6 is 7.82 Å². The number of allylic oxidation sites excluding steroid dienone is 2. The highest BCUT2D eigenvalue weighted by molar-refractivity contribution is 7.46. The Hall–Kier alpha value is -0.470. The Balaban J connectivity index is 2.82. The number of hydrogen-bond donors (Lipinski definition) is 0. The number of phosphoric acid groups is 1. The molecule has 1 aliphatic rings. The van der Waals surface area contributed by atoms with Crippen molar-refractivity contribution in [2.24, 2.45) is 0 Å². The first-order valence-electron chi connectivity index (χ1n) is 2.39. The number of rotatable bonds is 0. The van der Waals surface area contributed by atoms with Crippen LogP contribution in [0.5, 0.6) is 0 Å². The first-order valence-corrected chi connectivity index (χ1v) is 3.85. The van der Waals surface area contributed by atoms with Crippen LogP contribution in [0.3, 0.4) is 0 Å². The summed E-state index contributed by atoms with van der Waals surface area (Å²) in [5.74, 6) is 0.627. The molecule has 0 aromatic carbocycles. The first-order chi connectivity index (χ1) is 4.01. The molecule has 9 heavy (non-hydrogen) atoms. The van der Waals surface area contributed by atoms with Crippen LogP contribution in [0.25, 0.3) is 0 Å². The molecule has 0 N–H and O–H groups in total. The van der Waals surface area contributed by atoms with Crippen LogP contribution in [0.4, 0.5) is 0 Å². The predicted octanol–water partition coefficient (Wildman–Crippen LogP) is 0.753. The fourth-order valence-electron chi connectivity index (χ4n) is 0.483. The quantitative estimate of drug-likeness (QED) is 0.477. The third kappa shape index (κ3) is 1.26. The van der Waals surface area contributed by atoms with E-state index < -0.39 is 7.82 Å². The summed E-state index contributed by atoms with van der Waals surface area (Å²) < 4.78 is 19.0. The van der Waals surface area contributed by atoms with Gasteiger partial charge in [-0.3, -0.25) is 0 Å². The predicted molar refractivity (Wildman–Crippen MR) is 28.2 cm³/mol. The summed E-state index contributed by atoms with van der Waals surface area (Å²) in [6, 6.07) is 0. The minimum Gasteiger partial charge on any atom is -0.736 e. The van der Waals surface area contributed by atoms with E-state index in [1.807, 2.05) is 0 Å². The van der Waals surface area contributed by atoms with Gasteiger partial charge in [0.2, 0.25) is 0 Å². The lowest BCUT2D eigenvalue weighted by molar-refractivity contribution is -0.213. The molecule has 0 amide bonds. The number of phosphoric ester groups is 1. The molecule has 0 aliphatic carbocycles. The highest BCUT2D eigenvalue weighted by Crippen LogP contribution is 2.49. The van der Waals surface area contributed by atoms with E-state index in [1.54, 1.807) is 0 Å². The molecule has 1 aliphatic heterocycles. The second kappa shape index (κ2) is 1.75. The van der Waals surface area contributed by atoms with Gasteiger partial charge in [-0.15, -0.1) is 0 Å². The van der Waals surface area contributed by atoms with Crippen molar-refractivity contribution in [2.45, 2.75) is 13.8 Å². The van der Waals surface area contributed by atoms with Gasteiger partial charge in [-0.1, -0.05) is 0 Å². The summed E-state index contributed by atoms with van der Waals surface area (Å²) in [5.41, 5.74) is 0. The van der Waals surface area contributed by atoms with Crippen LogP contribution in [0.15, 0.2) is 11.5 Å². The monoisotopic (exact) mass is 149 g/mol. The molecule has 1 heterocycles. The maximum Gasteiger partial charge on any atom is 0.372 e. The second-order valence-electron chi connectivity index (χ2n) is 1.74. The molecule has 0 bridgehead atoms.